The van der Waals surface area contributed by atoms with Crippen LogP contribution in [0, 0.1) is 6.92 Å². The summed E-state index contributed by atoms with van der Waals surface area (Å²) in [6, 6.07) is 24.3. The van der Waals surface area contributed by atoms with Crippen LogP contribution in [0.1, 0.15) is 40.2 Å². The van der Waals surface area contributed by atoms with Crippen molar-refractivity contribution < 1.29 is 23.5 Å². The summed E-state index contributed by atoms with van der Waals surface area (Å²) in [5.41, 5.74) is 3.33. The SMILES string of the molecule is COc1cc(C(C)C(=O)Nc2nn(-c3ccccc3)cc2C=O)ccc1OCc1nc(-c2ccccc2)oc1C. The van der Waals surface area contributed by atoms with Crippen molar-refractivity contribution >= 4 is 18.0 Å². The predicted molar refractivity (Wildman–Crippen MR) is 150 cm³/mol. The number of para-hydroxylation sites is 1. The molecule has 0 saturated heterocycles. The van der Waals surface area contributed by atoms with Gasteiger partial charge in [0.05, 0.1) is 24.3 Å². The highest BCUT2D eigenvalue weighted by molar-refractivity contribution is 5.98. The van der Waals surface area contributed by atoms with Gasteiger partial charge < -0.3 is 19.2 Å². The number of aromatic nitrogens is 3. The Hall–Kier alpha value is -5.18. The van der Waals surface area contributed by atoms with Crippen LogP contribution in [-0.4, -0.2) is 34.1 Å². The van der Waals surface area contributed by atoms with E-state index in [9.17, 15) is 9.59 Å². The number of anilines is 1. The zero-order valence-corrected chi connectivity index (χ0v) is 22.3. The molecule has 1 amide bonds. The van der Waals surface area contributed by atoms with Crippen LogP contribution in [0.3, 0.4) is 0 Å². The lowest BCUT2D eigenvalue weighted by Gasteiger charge is -2.15. The Morgan fingerprint density at radius 3 is 2.48 bits per heavy atom. The van der Waals surface area contributed by atoms with Gasteiger partial charge in [-0.25, -0.2) is 9.67 Å². The number of amides is 1. The van der Waals surface area contributed by atoms with Crippen LogP contribution in [0.5, 0.6) is 11.5 Å². The van der Waals surface area contributed by atoms with Crippen molar-refractivity contribution in [2.45, 2.75) is 26.4 Å². The Balaban J connectivity index is 1.28. The van der Waals surface area contributed by atoms with Gasteiger partial charge in [0, 0.05) is 11.8 Å². The summed E-state index contributed by atoms with van der Waals surface area (Å²) in [5, 5.41) is 7.17. The molecule has 9 heteroatoms. The lowest BCUT2D eigenvalue weighted by Crippen LogP contribution is -2.20. The number of nitrogens with one attached hydrogen (secondary N) is 1. The first-order valence-corrected chi connectivity index (χ1v) is 12.7. The Morgan fingerprint density at radius 1 is 1.05 bits per heavy atom. The number of benzene rings is 3. The minimum absolute atomic E-state index is 0.187. The smallest absolute Gasteiger partial charge is 0.232 e. The van der Waals surface area contributed by atoms with Crippen LogP contribution in [0.4, 0.5) is 5.82 Å². The van der Waals surface area contributed by atoms with Crippen molar-refractivity contribution in [1.29, 1.82) is 0 Å². The number of aryl methyl sites for hydroxylation is 1. The fourth-order valence-corrected chi connectivity index (χ4v) is 4.14. The van der Waals surface area contributed by atoms with Crippen LogP contribution in [-0.2, 0) is 11.4 Å². The summed E-state index contributed by atoms with van der Waals surface area (Å²) in [6.07, 6.45) is 2.25. The second-order valence-corrected chi connectivity index (χ2v) is 9.13. The summed E-state index contributed by atoms with van der Waals surface area (Å²) in [7, 11) is 1.54. The quantitative estimate of drug-likeness (QED) is 0.219. The molecule has 0 radical (unpaired) electrons. The molecule has 0 fully saturated rings. The number of carbonyl (C=O) groups excluding carboxylic acids is 2. The fraction of sp³-hybridized carbons (Fsp3) is 0.161. The zero-order valence-electron chi connectivity index (χ0n) is 22.3. The maximum atomic E-state index is 13.1. The van der Waals surface area contributed by atoms with Crippen molar-refractivity contribution in [3.63, 3.8) is 0 Å². The highest BCUT2D eigenvalue weighted by atomic mass is 16.5. The molecule has 0 aliphatic carbocycles. The molecule has 1 unspecified atom stereocenters. The standard InChI is InChI=1S/C31H28N4O5/c1-20(30(37)33-29-24(18-36)17-35(34-29)25-12-8-5-9-13-25)23-14-15-27(28(16-23)38-3)39-19-26-21(2)40-31(32-26)22-10-6-4-7-11-22/h4-18,20H,19H2,1-3H3,(H,33,34,37). The Kier molecular flexibility index (Phi) is 7.72. The minimum Gasteiger partial charge on any atom is -0.493 e. The van der Waals surface area contributed by atoms with Gasteiger partial charge in [0.1, 0.15) is 18.1 Å². The van der Waals surface area contributed by atoms with E-state index >= 15 is 0 Å². The number of rotatable bonds is 10. The molecule has 0 aliphatic heterocycles. The van der Waals surface area contributed by atoms with E-state index in [0.29, 0.717) is 40.7 Å². The number of ether oxygens (including phenoxy) is 2. The van der Waals surface area contributed by atoms with Crippen LogP contribution < -0.4 is 14.8 Å². The van der Waals surface area contributed by atoms with Crippen molar-refractivity contribution in [1.82, 2.24) is 14.8 Å². The summed E-state index contributed by atoms with van der Waals surface area (Å²) >= 11 is 0. The molecule has 3 aromatic carbocycles. The molecule has 0 aliphatic rings. The third-order valence-corrected chi connectivity index (χ3v) is 6.49. The minimum atomic E-state index is -0.560. The predicted octanol–water partition coefficient (Wildman–Crippen LogP) is 5.98. The molecule has 0 bridgehead atoms. The van der Waals surface area contributed by atoms with E-state index in [-0.39, 0.29) is 23.9 Å². The molecule has 9 nitrogen and oxygen atoms in total. The molecule has 5 aromatic rings. The van der Waals surface area contributed by atoms with E-state index in [1.807, 2.05) is 67.6 Å². The van der Waals surface area contributed by atoms with Gasteiger partial charge >= 0.3 is 0 Å². The lowest BCUT2D eigenvalue weighted by atomic mass is 9.99. The molecular formula is C31H28N4O5. The van der Waals surface area contributed by atoms with Crippen LogP contribution in [0.15, 0.2) is 89.5 Å². The number of aldehydes is 1. The van der Waals surface area contributed by atoms with Crippen LogP contribution in [0.25, 0.3) is 17.1 Å². The normalized spacial score (nSPS) is 11.6. The second-order valence-electron chi connectivity index (χ2n) is 9.13. The second kappa shape index (κ2) is 11.7. The van der Waals surface area contributed by atoms with Gasteiger partial charge in [0.25, 0.3) is 0 Å². The van der Waals surface area contributed by atoms with Gasteiger partial charge in [-0.3, -0.25) is 9.59 Å². The van der Waals surface area contributed by atoms with Gasteiger partial charge in [-0.15, -0.1) is 5.10 Å². The number of nitrogens with zero attached hydrogens (tertiary/aromatic N) is 3. The van der Waals surface area contributed by atoms with Gasteiger partial charge in [0.15, 0.2) is 23.6 Å². The van der Waals surface area contributed by atoms with E-state index < -0.39 is 5.92 Å². The zero-order chi connectivity index (χ0) is 28.1. The van der Waals surface area contributed by atoms with Crippen molar-refractivity contribution in [3.05, 3.63) is 108 Å². The highest BCUT2D eigenvalue weighted by Gasteiger charge is 2.21. The summed E-state index contributed by atoms with van der Waals surface area (Å²) in [6.45, 7) is 3.80. The van der Waals surface area contributed by atoms with E-state index in [0.717, 1.165) is 11.3 Å². The largest absolute Gasteiger partial charge is 0.493 e. The molecule has 202 valence electrons. The first-order valence-electron chi connectivity index (χ1n) is 12.7. The number of hydrogen-bond acceptors (Lipinski definition) is 7. The highest BCUT2D eigenvalue weighted by Crippen LogP contribution is 2.32. The van der Waals surface area contributed by atoms with Gasteiger partial charge in [0.2, 0.25) is 11.8 Å². The van der Waals surface area contributed by atoms with Crippen molar-refractivity contribution in [2.75, 3.05) is 12.4 Å². The molecule has 5 rings (SSSR count). The molecule has 2 heterocycles. The van der Waals surface area contributed by atoms with Crippen LogP contribution in [0.2, 0.25) is 0 Å². The molecule has 1 atom stereocenters. The average Bonchev–Trinajstić information content (AvgIpc) is 3.59. The molecule has 1 N–H and O–H groups in total. The lowest BCUT2D eigenvalue weighted by molar-refractivity contribution is -0.117. The number of hydrogen-bond donors (Lipinski definition) is 1. The Labute approximate surface area is 231 Å². The third kappa shape index (κ3) is 5.63. The monoisotopic (exact) mass is 536 g/mol. The van der Waals surface area contributed by atoms with Gasteiger partial charge in [-0.05, 0) is 55.8 Å². The summed E-state index contributed by atoms with van der Waals surface area (Å²) in [4.78, 5) is 29.3. The van der Waals surface area contributed by atoms with Crippen LogP contribution >= 0.6 is 0 Å². The molecule has 0 spiro atoms. The Bertz CT molecular complexity index is 1630. The average molecular weight is 537 g/mol. The molecule has 0 saturated carbocycles. The third-order valence-electron chi connectivity index (χ3n) is 6.49. The van der Waals surface area contributed by atoms with Crippen molar-refractivity contribution in [3.8, 4) is 28.6 Å². The number of methoxy groups -OCH3 is 1. The first-order chi connectivity index (χ1) is 19.5. The molecule has 2 aromatic heterocycles. The van der Waals surface area contributed by atoms with Gasteiger partial charge in [-0.2, -0.15) is 0 Å². The van der Waals surface area contributed by atoms with Gasteiger partial charge in [-0.1, -0.05) is 42.5 Å². The fourth-order valence-electron chi connectivity index (χ4n) is 4.14. The maximum Gasteiger partial charge on any atom is 0.232 e. The van der Waals surface area contributed by atoms with E-state index in [4.69, 9.17) is 13.9 Å². The molecular weight excluding hydrogens is 508 g/mol. The van der Waals surface area contributed by atoms with E-state index in [2.05, 4.69) is 15.4 Å². The topological polar surface area (TPSA) is 108 Å². The summed E-state index contributed by atoms with van der Waals surface area (Å²) < 4.78 is 18.9. The Morgan fingerprint density at radius 2 is 1.77 bits per heavy atom. The number of oxazole rings is 1. The molecule has 40 heavy (non-hydrogen) atoms. The van der Waals surface area contributed by atoms with E-state index in [1.165, 1.54) is 7.11 Å². The summed E-state index contributed by atoms with van der Waals surface area (Å²) in [5.74, 6) is 1.50. The maximum absolute atomic E-state index is 13.1. The number of carbonyl (C=O) groups is 2. The van der Waals surface area contributed by atoms with E-state index in [1.54, 1.807) is 36.0 Å². The first kappa shape index (κ1) is 26.4. The van der Waals surface area contributed by atoms with Crippen molar-refractivity contribution in [2.24, 2.45) is 0 Å².